The topological polar surface area (TPSA) is 61.8 Å². The number of esters is 2. The summed E-state index contributed by atoms with van der Waals surface area (Å²) < 4.78 is 15.4. The van der Waals surface area contributed by atoms with Gasteiger partial charge in [0.15, 0.2) is 0 Å². The van der Waals surface area contributed by atoms with Gasteiger partial charge >= 0.3 is 11.9 Å². The molecule has 1 saturated heterocycles. The van der Waals surface area contributed by atoms with Gasteiger partial charge in [-0.3, -0.25) is 4.79 Å². The summed E-state index contributed by atoms with van der Waals surface area (Å²) in [6.45, 7) is 10.3. The van der Waals surface area contributed by atoms with Gasteiger partial charge in [0.2, 0.25) is 0 Å². The first-order valence-corrected chi connectivity index (χ1v) is 5.75. The maximum atomic E-state index is 11.3. The largest absolute Gasteiger partial charge is 0.463 e. The highest BCUT2D eigenvalue weighted by Gasteiger charge is 2.29. The van der Waals surface area contributed by atoms with Crippen LogP contribution in [-0.2, 0) is 23.8 Å². The first-order chi connectivity index (χ1) is 8.40. The monoisotopic (exact) mass is 254 g/mol. The van der Waals surface area contributed by atoms with Crippen LogP contribution in [0, 0.1) is 0 Å². The second kappa shape index (κ2) is 6.35. The minimum atomic E-state index is -0.507. The third kappa shape index (κ3) is 4.33. The number of rotatable bonds is 5. The van der Waals surface area contributed by atoms with E-state index in [1.165, 1.54) is 6.92 Å². The van der Waals surface area contributed by atoms with Crippen molar-refractivity contribution in [2.45, 2.75) is 38.9 Å². The molecule has 0 amide bonds. The fraction of sp³-hybridized carbons (Fsp3) is 0.538. The van der Waals surface area contributed by atoms with Crippen LogP contribution >= 0.6 is 0 Å². The zero-order valence-electron chi connectivity index (χ0n) is 10.7. The van der Waals surface area contributed by atoms with Crippen molar-refractivity contribution in [2.75, 3.05) is 6.61 Å². The van der Waals surface area contributed by atoms with Gasteiger partial charge in [-0.05, 0) is 19.8 Å². The molecule has 1 heterocycles. The molecule has 2 unspecified atom stereocenters. The second-order valence-electron chi connectivity index (χ2n) is 4.26. The summed E-state index contributed by atoms with van der Waals surface area (Å²) in [5, 5.41) is 0. The summed E-state index contributed by atoms with van der Waals surface area (Å²) in [4.78, 5) is 22.0. The Balaban J connectivity index is 2.37. The molecule has 0 saturated carbocycles. The van der Waals surface area contributed by atoms with Crippen molar-refractivity contribution in [1.29, 1.82) is 0 Å². The number of hydrogen-bond acceptors (Lipinski definition) is 5. The Morgan fingerprint density at radius 1 is 1.28 bits per heavy atom. The van der Waals surface area contributed by atoms with Gasteiger partial charge < -0.3 is 14.2 Å². The number of ether oxygens (including phenoxy) is 3. The van der Waals surface area contributed by atoms with Crippen molar-refractivity contribution in [3.63, 3.8) is 0 Å². The molecule has 100 valence electrons. The van der Waals surface area contributed by atoms with Gasteiger partial charge in [-0.1, -0.05) is 13.2 Å². The van der Waals surface area contributed by atoms with Gasteiger partial charge in [0.25, 0.3) is 0 Å². The fourth-order valence-corrected chi connectivity index (χ4v) is 1.55. The van der Waals surface area contributed by atoms with Crippen molar-refractivity contribution in [3.8, 4) is 0 Å². The summed E-state index contributed by atoms with van der Waals surface area (Å²) in [6, 6.07) is 0. The van der Waals surface area contributed by atoms with Crippen molar-refractivity contribution >= 4 is 11.9 Å². The Kier molecular flexibility index (Phi) is 5.09. The first-order valence-electron chi connectivity index (χ1n) is 5.75. The molecule has 1 fully saturated rings. The quantitative estimate of drug-likeness (QED) is 0.425. The lowest BCUT2D eigenvalue weighted by molar-refractivity contribution is -0.145. The highest BCUT2D eigenvalue weighted by atomic mass is 16.6. The number of carbonyl (C=O) groups excluding carboxylic acids is 2. The molecule has 0 aromatic heterocycles. The zero-order chi connectivity index (χ0) is 13.7. The first kappa shape index (κ1) is 14.4. The molecule has 18 heavy (non-hydrogen) atoms. The average Bonchev–Trinajstić information content (AvgIpc) is 2.74. The summed E-state index contributed by atoms with van der Waals surface area (Å²) >= 11 is 0. The van der Waals surface area contributed by atoms with Crippen molar-refractivity contribution < 1.29 is 23.8 Å². The minimum Gasteiger partial charge on any atom is -0.463 e. The van der Waals surface area contributed by atoms with Crippen LogP contribution in [0.4, 0.5) is 0 Å². The second-order valence-corrected chi connectivity index (χ2v) is 4.26. The SMILES string of the molecule is C=C(C)C(=O)OC(=C)C1CCC(COC(C)=O)O1. The number of carbonyl (C=O) groups is 2. The summed E-state index contributed by atoms with van der Waals surface area (Å²) in [7, 11) is 0. The van der Waals surface area contributed by atoms with E-state index >= 15 is 0 Å². The molecule has 0 bridgehead atoms. The third-order valence-corrected chi connectivity index (χ3v) is 2.51. The number of hydrogen-bond donors (Lipinski definition) is 0. The van der Waals surface area contributed by atoms with Gasteiger partial charge in [-0.15, -0.1) is 0 Å². The van der Waals surface area contributed by atoms with E-state index in [0.29, 0.717) is 12.0 Å². The van der Waals surface area contributed by atoms with Crippen LogP contribution in [0.5, 0.6) is 0 Å². The van der Waals surface area contributed by atoms with Crippen molar-refractivity contribution in [2.24, 2.45) is 0 Å². The molecule has 0 aliphatic carbocycles. The van der Waals surface area contributed by atoms with Crippen molar-refractivity contribution in [3.05, 3.63) is 24.5 Å². The summed E-state index contributed by atoms with van der Waals surface area (Å²) in [6.07, 6.45) is 0.920. The normalized spacial score (nSPS) is 22.3. The van der Waals surface area contributed by atoms with Gasteiger partial charge in [0.05, 0.1) is 6.10 Å². The van der Waals surface area contributed by atoms with E-state index in [2.05, 4.69) is 13.2 Å². The summed E-state index contributed by atoms with van der Waals surface area (Å²) in [5.74, 6) is -0.574. The van der Waals surface area contributed by atoms with Crippen LogP contribution in [0.3, 0.4) is 0 Å². The van der Waals surface area contributed by atoms with Crippen molar-refractivity contribution in [1.82, 2.24) is 0 Å². The minimum absolute atomic E-state index is 0.167. The molecule has 1 rings (SSSR count). The Labute approximate surface area is 106 Å². The van der Waals surface area contributed by atoms with E-state index in [-0.39, 0.29) is 30.5 Å². The molecule has 0 spiro atoms. The van der Waals surface area contributed by atoms with Gasteiger partial charge in [0.1, 0.15) is 18.5 Å². The van der Waals surface area contributed by atoms with Crippen LogP contribution in [0.15, 0.2) is 24.5 Å². The Bertz CT molecular complexity index is 372. The van der Waals surface area contributed by atoms with E-state index in [1.807, 2.05) is 0 Å². The smallest absolute Gasteiger partial charge is 0.338 e. The summed E-state index contributed by atoms with van der Waals surface area (Å²) in [5.41, 5.74) is 0.311. The molecule has 0 N–H and O–H groups in total. The van der Waals surface area contributed by atoms with E-state index in [0.717, 1.165) is 6.42 Å². The standard InChI is InChI=1S/C13H18O5/c1-8(2)13(15)17-9(3)12-6-5-11(18-12)7-16-10(4)14/h11-12H,1,3,5-7H2,2,4H3. The lowest BCUT2D eigenvalue weighted by Crippen LogP contribution is -2.21. The molecule has 0 aromatic rings. The third-order valence-electron chi connectivity index (χ3n) is 2.51. The van der Waals surface area contributed by atoms with E-state index in [1.54, 1.807) is 6.92 Å². The molecular weight excluding hydrogens is 236 g/mol. The van der Waals surface area contributed by atoms with Crippen LogP contribution in [0.1, 0.15) is 26.7 Å². The van der Waals surface area contributed by atoms with Gasteiger partial charge in [-0.25, -0.2) is 4.79 Å². The molecule has 5 heteroatoms. The van der Waals surface area contributed by atoms with Crippen LogP contribution in [-0.4, -0.2) is 30.8 Å². The lowest BCUT2D eigenvalue weighted by Gasteiger charge is -2.15. The van der Waals surface area contributed by atoms with E-state index < -0.39 is 5.97 Å². The predicted octanol–water partition coefficient (Wildman–Crippen LogP) is 1.73. The Morgan fingerprint density at radius 3 is 2.50 bits per heavy atom. The molecule has 1 aliphatic rings. The maximum Gasteiger partial charge on any atom is 0.338 e. The predicted molar refractivity (Wildman–Crippen MR) is 64.6 cm³/mol. The van der Waals surface area contributed by atoms with E-state index in [4.69, 9.17) is 14.2 Å². The highest BCUT2D eigenvalue weighted by Crippen LogP contribution is 2.25. The van der Waals surface area contributed by atoms with E-state index in [9.17, 15) is 9.59 Å². The highest BCUT2D eigenvalue weighted by molar-refractivity contribution is 5.87. The fourth-order valence-electron chi connectivity index (χ4n) is 1.55. The van der Waals surface area contributed by atoms with Gasteiger partial charge in [0, 0.05) is 12.5 Å². The Hall–Kier alpha value is -1.62. The Morgan fingerprint density at radius 2 is 1.94 bits per heavy atom. The van der Waals surface area contributed by atoms with Crippen LogP contribution in [0.2, 0.25) is 0 Å². The lowest BCUT2D eigenvalue weighted by atomic mass is 10.2. The maximum absolute atomic E-state index is 11.3. The molecule has 0 radical (unpaired) electrons. The molecule has 5 nitrogen and oxygen atoms in total. The molecule has 0 aromatic carbocycles. The molecule has 1 aliphatic heterocycles. The van der Waals surface area contributed by atoms with Gasteiger partial charge in [-0.2, -0.15) is 0 Å². The molecular formula is C13H18O5. The van der Waals surface area contributed by atoms with Crippen LogP contribution in [0.25, 0.3) is 0 Å². The molecule has 2 atom stereocenters. The average molecular weight is 254 g/mol. The zero-order valence-corrected chi connectivity index (χ0v) is 10.7. The van der Waals surface area contributed by atoms with Crippen LogP contribution < -0.4 is 0 Å².